The Morgan fingerprint density at radius 2 is 1.37 bits per heavy atom. The summed E-state index contributed by atoms with van der Waals surface area (Å²) in [6.07, 6.45) is 0. The minimum Gasteiger partial charge on any atom is -0.497 e. The van der Waals surface area contributed by atoms with Gasteiger partial charge in [0.15, 0.2) is 5.78 Å². The van der Waals surface area contributed by atoms with Crippen LogP contribution in [-0.4, -0.2) is 31.1 Å². The third-order valence-corrected chi connectivity index (χ3v) is 7.07. The summed E-state index contributed by atoms with van der Waals surface area (Å²) in [7, 11) is -3.24. The Labute approximate surface area is 223 Å². The average molecular weight is 555 g/mol. The molecule has 0 aromatic heterocycles. The standard InChI is InChI=1S/C27H22O9S2/c1-17-3-5-18(6-4-17)27(28)19-7-9-20(10-8-19)34-22-12-13-23(25(15-22)37-36-35-29)24-14-11-21(33-2)16-26(24)38(30,31)32/h3-16,29H,1-2H3,(H,30,31,32). The number of hydrogen-bond donors (Lipinski definition) is 2. The molecular formula is C27H22O9S2. The quantitative estimate of drug-likeness (QED) is 0.0750. The summed E-state index contributed by atoms with van der Waals surface area (Å²) >= 11 is 0.596. The lowest BCUT2D eigenvalue weighted by molar-refractivity contribution is -0.432. The van der Waals surface area contributed by atoms with Gasteiger partial charge in [0, 0.05) is 22.8 Å². The van der Waals surface area contributed by atoms with Crippen molar-refractivity contribution in [2.45, 2.75) is 16.7 Å². The van der Waals surface area contributed by atoms with E-state index in [0.717, 1.165) is 5.56 Å². The van der Waals surface area contributed by atoms with Crippen LogP contribution in [0.2, 0.25) is 0 Å². The molecular weight excluding hydrogens is 532 g/mol. The predicted molar refractivity (Wildman–Crippen MR) is 140 cm³/mol. The van der Waals surface area contributed by atoms with E-state index in [2.05, 4.69) is 9.37 Å². The van der Waals surface area contributed by atoms with Crippen molar-refractivity contribution in [3.05, 3.63) is 102 Å². The lowest BCUT2D eigenvalue weighted by Gasteiger charge is -2.14. The van der Waals surface area contributed by atoms with E-state index in [1.807, 2.05) is 19.1 Å². The second-order valence-corrected chi connectivity index (χ2v) is 10.2. The molecule has 38 heavy (non-hydrogen) atoms. The summed E-state index contributed by atoms with van der Waals surface area (Å²) in [5.41, 5.74) is 2.64. The van der Waals surface area contributed by atoms with Crippen molar-refractivity contribution in [1.29, 1.82) is 0 Å². The van der Waals surface area contributed by atoms with Gasteiger partial charge < -0.3 is 9.47 Å². The van der Waals surface area contributed by atoms with Crippen LogP contribution in [-0.2, 0) is 19.5 Å². The molecule has 0 spiro atoms. The van der Waals surface area contributed by atoms with Gasteiger partial charge in [0.25, 0.3) is 10.1 Å². The maximum atomic E-state index is 12.7. The van der Waals surface area contributed by atoms with Crippen LogP contribution in [0.4, 0.5) is 0 Å². The number of ether oxygens (including phenoxy) is 2. The van der Waals surface area contributed by atoms with Crippen LogP contribution in [0.15, 0.2) is 94.7 Å². The Morgan fingerprint density at radius 3 is 1.97 bits per heavy atom. The first-order valence-electron chi connectivity index (χ1n) is 11.0. The van der Waals surface area contributed by atoms with Crippen LogP contribution in [0.5, 0.6) is 17.2 Å². The minimum atomic E-state index is -4.61. The van der Waals surface area contributed by atoms with E-state index in [0.29, 0.717) is 45.1 Å². The summed E-state index contributed by atoms with van der Waals surface area (Å²) < 4.78 is 49.5. The average Bonchev–Trinajstić information content (AvgIpc) is 2.91. The number of aryl methyl sites for hydroxylation is 1. The Kier molecular flexibility index (Phi) is 8.47. The van der Waals surface area contributed by atoms with Gasteiger partial charge in [-0.3, -0.25) is 9.35 Å². The SMILES string of the molecule is COc1ccc(-c2ccc(Oc3ccc(C(=O)c4ccc(C)cc4)cc3)cc2SOOO)c(S(=O)(=O)O)c1. The smallest absolute Gasteiger partial charge is 0.295 e. The van der Waals surface area contributed by atoms with Crippen LogP contribution in [0.1, 0.15) is 21.5 Å². The van der Waals surface area contributed by atoms with Crippen LogP contribution in [0, 0.1) is 6.92 Å². The fourth-order valence-electron chi connectivity index (χ4n) is 3.66. The van der Waals surface area contributed by atoms with E-state index in [4.69, 9.17) is 14.7 Å². The number of carbonyl (C=O) groups excluding carboxylic acids is 1. The van der Waals surface area contributed by atoms with Crippen molar-refractivity contribution in [2.24, 2.45) is 0 Å². The van der Waals surface area contributed by atoms with Crippen molar-refractivity contribution in [2.75, 3.05) is 7.11 Å². The molecule has 0 saturated carbocycles. The fourth-order valence-corrected chi connectivity index (χ4v) is 4.91. The number of hydrogen-bond acceptors (Lipinski definition) is 9. The summed E-state index contributed by atoms with van der Waals surface area (Å²) in [6, 6.07) is 22.8. The topological polar surface area (TPSA) is 129 Å². The third kappa shape index (κ3) is 6.40. The highest BCUT2D eigenvalue weighted by atomic mass is 32.2. The first kappa shape index (κ1) is 27.3. The highest BCUT2D eigenvalue weighted by Gasteiger charge is 2.21. The molecule has 0 aliphatic heterocycles. The summed E-state index contributed by atoms with van der Waals surface area (Å²) in [5.74, 6) is 0.901. The molecule has 2 N–H and O–H groups in total. The summed E-state index contributed by atoms with van der Waals surface area (Å²) in [4.78, 5) is 12.6. The van der Waals surface area contributed by atoms with Crippen molar-refractivity contribution in [3.63, 3.8) is 0 Å². The molecule has 4 aromatic rings. The summed E-state index contributed by atoms with van der Waals surface area (Å²) in [6.45, 7) is 1.95. The number of methoxy groups -OCH3 is 1. The second kappa shape index (κ2) is 11.8. The monoisotopic (exact) mass is 554 g/mol. The molecule has 196 valence electrons. The van der Waals surface area contributed by atoms with Crippen molar-refractivity contribution in [1.82, 2.24) is 0 Å². The van der Waals surface area contributed by atoms with E-state index in [1.165, 1.54) is 31.4 Å². The highest BCUT2D eigenvalue weighted by molar-refractivity contribution is 7.94. The van der Waals surface area contributed by atoms with Gasteiger partial charge in [-0.25, -0.2) is 5.26 Å². The number of benzene rings is 4. The van der Waals surface area contributed by atoms with E-state index < -0.39 is 10.1 Å². The molecule has 0 fully saturated rings. The lowest BCUT2D eigenvalue weighted by atomic mass is 10.0. The van der Waals surface area contributed by atoms with Gasteiger partial charge in [0.1, 0.15) is 22.1 Å². The molecule has 0 bridgehead atoms. The van der Waals surface area contributed by atoms with Gasteiger partial charge in [-0.15, -0.1) is 4.33 Å². The zero-order chi connectivity index (χ0) is 27.3. The molecule has 0 aliphatic rings. The van der Waals surface area contributed by atoms with Crippen LogP contribution in [0.3, 0.4) is 0 Å². The van der Waals surface area contributed by atoms with Gasteiger partial charge in [-0.2, -0.15) is 8.42 Å². The zero-order valence-electron chi connectivity index (χ0n) is 20.2. The van der Waals surface area contributed by atoms with Gasteiger partial charge in [-0.05, 0) is 67.1 Å². The van der Waals surface area contributed by atoms with Gasteiger partial charge in [0.2, 0.25) is 0 Å². The molecule has 0 atom stereocenters. The van der Waals surface area contributed by atoms with Gasteiger partial charge in [-0.1, -0.05) is 34.9 Å². The maximum Gasteiger partial charge on any atom is 0.295 e. The van der Waals surface area contributed by atoms with Crippen LogP contribution in [0.25, 0.3) is 11.1 Å². The molecule has 0 saturated heterocycles. The molecule has 0 amide bonds. The lowest BCUT2D eigenvalue weighted by Crippen LogP contribution is -2.02. The maximum absolute atomic E-state index is 12.7. The van der Waals surface area contributed by atoms with E-state index >= 15 is 0 Å². The Bertz CT molecular complexity index is 1550. The zero-order valence-corrected chi connectivity index (χ0v) is 21.8. The molecule has 0 heterocycles. The van der Waals surface area contributed by atoms with Crippen molar-refractivity contribution < 1.29 is 41.9 Å². The fraction of sp³-hybridized carbons (Fsp3) is 0.0741. The number of rotatable bonds is 10. The van der Waals surface area contributed by atoms with Crippen molar-refractivity contribution in [3.8, 4) is 28.4 Å². The van der Waals surface area contributed by atoms with Crippen LogP contribution >= 0.6 is 12.0 Å². The first-order valence-corrected chi connectivity index (χ1v) is 13.2. The largest absolute Gasteiger partial charge is 0.497 e. The Balaban J connectivity index is 1.63. The van der Waals surface area contributed by atoms with E-state index in [1.54, 1.807) is 48.5 Å². The van der Waals surface area contributed by atoms with Crippen molar-refractivity contribution >= 4 is 27.9 Å². The Morgan fingerprint density at radius 1 is 0.789 bits per heavy atom. The van der Waals surface area contributed by atoms with Crippen LogP contribution < -0.4 is 9.47 Å². The predicted octanol–water partition coefficient (Wildman–Crippen LogP) is 6.37. The third-order valence-electron chi connectivity index (χ3n) is 5.53. The number of ketones is 1. The molecule has 0 aliphatic carbocycles. The highest BCUT2D eigenvalue weighted by Crippen LogP contribution is 2.40. The van der Waals surface area contributed by atoms with Gasteiger partial charge in [0.05, 0.1) is 24.0 Å². The first-order chi connectivity index (χ1) is 18.2. The molecule has 0 unspecified atom stereocenters. The Hall–Kier alpha value is -3.71. The van der Waals surface area contributed by atoms with E-state index in [-0.39, 0.29) is 22.0 Å². The molecule has 4 aromatic carbocycles. The molecule has 0 radical (unpaired) electrons. The number of carbonyl (C=O) groups is 1. The molecule has 4 rings (SSSR count). The van der Waals surface area contributed by atoms with Gasteiger partial charge >= 0.3 is 0 Å². The molecule has 9 nitrogen and oxygen atoms in total. The summed E-state index contributed by atoms with van der Waals surface area (Å²) in [5, 5.41) is 12.4. The van der Waals surface area contributed by atoms with E-state index in [9.17, 15) is 17.8 Å². The normalized spacial score (nSPS) is 11.3. The second-order valence-electron chi connectivity index (χ2n) is 8.04. The molecule has 11 heteroatoms. The minimum absolute atomic E-state index is 0.116.